The molecule has 0 atom stereocenters. The first-order chi connectivity index (χ1) is 5.97. The Morgan fingerprint density at radius 1 is 1.08 bits per heavy atom. The highest BCUT2D eigenvalue weighted by molar-refractivity contribution is 5.45. The van der Waals surface area contributed by atoms with E-state index in [0.717, 1.165) is 12.8 Å². The summed E-state index contributed by atoms with van der Waals surface area (Å²) in [6.07, 6.45) is 20.2. The third-order valence-corrected chi connectivity index (χ3v) is 2.04. The van der Waals surface area contributed by atoms with Crippen molar-refractivity contribution in [1.82, 2.24) is 0 Å². The second kappa shape index (κ2) is 3.40. The summed E-state index contributed by atoms with van der Waals surface area (Å²) < 4.78 is 0. The van der Waals surface area contributed by atoms with Gasteiger partial charge in [0.25, 0.3) is 0 Å². The molecule has 12 heavy (non-hydrogen) atoms. The first-order valence-electron chi connectivity index (χ1n) is 4.27. The second-order valence-electron chi connectivity index (χ2n) is 2.91. The fraction of sp³-hybridized carbons (Fsp3) is 0.167. The van der Waals surface area contributed by atoms with Crippen LogP contribution in [0.4, 0.5) is 0 Å². The maximum atomic E-state index is 3.36. The largest absolute Gasteiger partial charge is 0.0801 e. The van der Waals surface area contributed by atoms with Gasteiger partial charge in [-0.25, -0.2) is 0 Å². The van der Waals surface area contributed by atoms with Crippen molar-refractivity contribution in [3.8, 4) is 0 Å². The van der Waals surface area contributed by atoms with Gasteiger partial charge in [-0.2, -0.15) is 0 Å². The molecule has 2 aliphatic rings. The Labute approximate surface area is 73.3 Å². The highest BCUT2D eigenvalue weighted by atomic mass is 14.1. The SMILES string of the molecule is [C]1=C(C2=CC=CC2)C=CC=CC1. The van der Waals surface area contributed by atoms with E-state index in [9.17, 15) is 0 Å². The molecule has 0 bridgehead atoms. The van der Waals surface area contributed by atoms with Gasteiger partial charge in [0.1, 0.15) is 0 Å². The molecule has 0 saturated heterocycles. The number of hydrogen-bond acceptors (Lipinski definition) is 0. The fourth-order valence-corrected chi connectivity index (χ4v) is 1.39. The monoisotopic (exact) mass is 155 g/mol. The van der Waals surface area contributed by atoms with Crippen LogP contribution in [0.2, 0.25) is 0 Å². The third-order valence-electron chi connectivity index (χ3n) is 2.04. The van der Waals surface area contributed by atoms with Crippen LogP contribution in [0.3, 0.4) is 0 Å². The van der Waals surface area contributed by atoms with E-state index in [1.807, 2.05) is 0 Å². The molecule has 0 N–H and O–H groups in total. The van der Waals surface area contributed by atoms with E-state index in [2.05, 4.69) is 48.6 Å². The highest BCUT2D eigenvalue weighted by Gasteiger charge is 2.03. The molecule has 59 valence electrons. The molecule has 0 aromatic heterocycles. The van der Waals surface area contributed by atoms with E-state index < -0.39 is 0 Å². The molecule has 0 unspecified atom stereocenters. The van der Waals surface area contributed by atoms with Crippen molar-refractivity contribution in [3.05, 3.63) is 59.8 Å². The van der Waals surface area contributed by atoms with Gasteiger partial charge >= 0.3 is 0 Å². The van der Waals surface area contributed by atoms with Gasteiger partial charge < -0.3 is 0 Å². The molecule has 2 rings (SSSR count). The summed E-state index contributed by atoms with van der Waals surface area (Å²) in [6.45, 7) is 0. The van der Waals surface area contributed by atoms with E-state index in [4.69, 9.17) is 0 Å². The van der Waals surface area contributed by atoms with Crippen molar-refractivity contribution in [2.24, 2.45) is 0 Å². The lowest BCUT2D eigenvalue weighted by Gasteiger charge is -2.00. The van der Waals surface area contributed by atoms with Crippen LogP contribution in [0.15, 0.2) is 53.7 Å². The van der Waals surface area contributed by atoms with E-state index >= 15 is 0 Å². The van der Waals surface area contributed by atoms with Crippen LogP contribution in [0, 0.1) is 6.08 Å². The van der Waals surface area contributed by atoms with Crippen LogP contribution in [0.25, 0.3) is 0 Å². The van der Waals surface area contributed by atoms with Crippen molar-refractivity contribution in [2.45, 2.75) is 12.8 Å². The minimum atomic E-state index is 0.930. The lowest BCUT2D eigenvalue weighted by Crippen LogP contribution is -1.82. The smallest absolute Gasteiger partial charge is 0.00852 e. The molecule has 0 heteroatoms. The molecule has 0 aromatic carbocycles. The van der Waals surface area contributed by atoms with E-state index in [1.54, 1.807) is 0 Å². The van der Waals surface area contributed by atoms with Gasteiger partial charge in [-0.1, -0.05) is 42.5 Å². The zero-order valence-corrected chi connectivity index (χ0v) is 6.96. The number of rotatable bonds is 1. The maximum absolute atomic E-state index is 3.36. The van der Waals surface area contributed by atoms with Gasteiger partial charge in [0, 0.05) is 0 Å². The van der Waals surface area contributed by atoms with Gasteiger partial charge in [-0.15, -0.1) is 0 Å². The Morgan fingerprint density at radius 2 is 2.08 bits per heavy atom. The summed E-state index contributed by atoms with van der Waals surface area (Å²) in [5, 5.41) is 0. The number of hydrogen-bond donors (Lipinski definition) is 0. The third kappa shape index (κ3) is 1.48. The van der Waals surface area contributed by atoms with Crippen LogP contribution in [0.5, 0.6) is 0 Å². The van der Waals surface area contributed by atoms with Crippen LogP contribution in [-0.4, -0.2) is 0 Å². The van der Waals surface area contributed by atoms with Gasteiger partial charge in [-0.3, -0.25) is 0 Å². The van der Waals surface area contributed by atoms with Crippen molar-refractivity contribution in [3.63, 3.8) is 0 Å². The summed E-state index contributed by atoms with van der Waals surface area (Å²) >= 11 is 0. The van der Waals surface area contributed by atoms with Gasteiger partial charge in [0.05, 0.1) is 0 Å². The first kappa shape index (κ1) is 7.35. The van der Waals surface area contributed by atoms with Crippen LogP contribution in [-0.2, 0) is 0 Å². The summed E-state index contributed by atoms with van der Waals surface area (Å²) in [7, 11) is 0. The molecule has 0 heterocycles. The Hall–Kier alpha value is -1.30. The van der Waals surface area contributed by atoms with Crippen molar-refractivity contribution >= 4 is 0 Å². The maximum Gasteiger partial charge on any atom is -0.00852 e. The van der Waals surface area contributed by atoms with E-state index in [0.29, 0.717) is 0 Å². The van der Waals surface area contributed by atoms with Crippen LogP contribution in [0.1, 0.15) is 12.8 Å². The fourth-order valence-electron chi connectivity index (χ4n) is 1.39. The minimum Gasteiger partial charge on any atom is -0.0801 e. The van der Waals surface area contributed by atoms with E-state index in [1.165, 1.54) is 11.1 Å². The normalized spacial score (nSPS) is 20.7. The summed E-state index contributed by atoms with van der Waals surface area (Å²) in [5.41, 5.74) is 2.64. The molecule has 1 radical (unpaired) electrons. The minimum absolute atomic E-state index is 0.930. The Kier molecular flexibility index (Phi) is 2.08. The molecular weight excluding hydrogens is 144 g/mol. The Morgan fingerprint density at radius 3 is 2.92 bits per heavy atom. The predicted octanol–water partition coefficient (Wildman–Crippen LogP) is 3.12. The first-order valence-corrected chi connectivity index (χ1v) is 4.27. The molecule has 0 fully saturated rings. The average molecular weight is 155 g/mol. The van der Waals surface area contributed by atoms with Crippen LogP contribution >= 0.6 is 0 Å². The summed E-state index contributed by atoms with van der Waals surface area (Å²) in [5.74, 6) is 0. The molecule has 0 aromatic rings. The van der Waals surface area contributed by atoms with Gasteiger partial charge in [0.2, 0.25) is 0 Å². The quantitative estimate of drug-likeness (QED) is 0.545. The summed E-state index contributed by atoms with van der Waals surface area (Å²) in [6, 6.07) is 0. The van der Waals surface area contributed by atoms with Crippen molar-refractivity contribution in [2.75, 3.05) is 0 Å². The molecule has 0 amide bonds. The molecule has 0 saturated carbocycles. The number of allylic oxidation sites excluding steroid dienone is 10. The van der Waals surface area contributed by atoms with Crippen LogP contribution < -0.4 is 0 Å². The van der Waals surface area contributed by atoms with Crippen molar-refractivity contribution < 1.29 is 0 Å². The van der Waals surface area contributed by atoms with Crippen molar-refractivity contribution in [1.29, 1.82) is 0 Å². The average Bonchev–Trinajstić information content (AvgIpc) is 2.48. The molecule has 2 aliphatic carbocycles. The lowest BCUT2D eigenvalue weighted by molar-refractivity contribution is 1.23. The molecule has 0 aliphatic heterocycles. The molecule has 0 spiro atoms. The predicted molar refractivity (Wildman–Crippen MR) is 51.5 cm³/mol. The zero-order chi connectivity index (χ0) is 8.23. The Bertz CT molecular complexity index is 309. The lowest BCUT2D eigenvalue weighted by atomic mass is 10.0. The second-order valence-corrected chi connectivity index (χ2v) is 2.91. The molecular formula is C12H11. The Balaban J connectivity index is 2.19. The molecule has 0 nitrogen and oxygen atoms in total. The zero-order valence-electron chi connectivity index (χ0n) is 6.96. The standard InChI is InChI=1S/C12H11/c1-2-4-8-11(7-3-1)12-9-5-6-10-12/h1-3,5-7,9H,4,10H2. The van der Waals surface area contributed by atoms with E-state index in [-0.39, 0.29) is 0 Å². The van der Waals surface area contributed by atoms with Gasteiger partial charge in [0.15, 0.2) is 0 Å². The van der Waals surface area contributed by atoms with Gasteiger partial charge in [-0.05, 0) is 30.1 Å². The summed E-state index contributed by atoms with van der Waals surface area (Å²) in [4.78, 5) is 0. The highest BCUT2D eigenvalue weighted by Crippen LogP contribution is 2.21. The topological polar surface area (TPSA) is 0 Å².